The van der Waals surface area contributed by atoms with E-state index in [0.717, 1.165) is 31.0 Å². The Morgan fingerprint density at radius 1 is 1.14 bits per heavy atom. The number of alkyl halides is 3. The molecule has 0 saturated carbocycles. The highest BCUT2D eigenvalue weighted by Crippen LogP contribution is 2.31. The first-order valence-electron chi connectivity index (χ1n) is 9.16. The van der Waals surface area contributed by atoms with Crippen molar-refractivity contribution in [1.29, 1.82) is 0 Å². The molecule has 2 aromatic rings. The standard InChI is InChI=1S/C20H21F3N2O3S/c1-14-4-3-11-25(13-14)19(26)15-7-9-18(10-8-15)29(27,28)24-17-6-2-5-16(12-17)20(21,22)23/h2,5-10,12,14,24H,3-4,11,13H2,1H3. The van der Waals surface area contributed by atoms with Crippen molar-refractivity contribution >= 4 is 21.6 Å². The van der Waals surface area contributed by atoms with Gasteiger partial charge in [-0.25, -0.2) is 8.42 Å². The van der Waals surface area contributed by atoms with Crippen LogP contribution in [0.1, 0.15) is 35.7 Å². The number of amides is 1. The Balaban J connectivity index is 1.76. The summed E-state index contributed by atoms with van der Waals surface area (Å²) < 4.78 is 65.6. The largest absolute Gasteiger partial charge is 0.416 e. The summed E-state index contributed by atoms with van der Waals surface area (Å²) >= 11 is 0. The molecule has 0 radical (unpaired) electrons. The zero-order valence-electron chi connectivity index (χ0n) is 15.7. The van der Waals surface area contributed by atoms with Crippen LogP contribution in [0.3, 0.4) is 0 Å². The summed E-state index contributed by atoms with van der Waals surface area (Å²) in [6.07, 6.45) is -2.57. The van der Waals surface area contributed by atoms with Crippen LogP contribution in [-0.4, -0.2) is 32.3 Å². The third-order valence-corrected chi connectivity index (χ3v) is 6.20. The molecular weight excluding hydrogens is 405 g/mol. The van der Waals surface area contributed by atoms with E-state index in [2.05, 4.69) is 11.6 Å². The molecule has 1 heterocycles. The maximum Gasteiger partial charge on any atom is 0.416 e. The van der Waals surface area contributed by atoms with Crippen LogP contribution in [0.15, 0.2) is 53.4 Å². The lowest BCUT2D eigenvalue weighted by Crippen LogP contribution is -2.39. The Bertz CT molecular complexity index is 989. The van der Waals surface area contributed by atoms with E-state index in [4.69, 9.17) is 0 Å². The monoisotopic (exact) mass is 426 g/mol. The molecule has 0 bridgehead atoms. The van der Waals surface area contributed by atoms with Crippen molar-refractivity contribution in [3.8, 4) is 0 Å². The van der Waals surface area contributed by atoms with Crippen molar-refractivity contribution in [2.45, 2.75) is 30.8 Å². The van der Waals surface area contributed by atoms with Gasteiger partial charge in [-0.3, -0.25) is 9.52 Å². The van der Waals surface area contributed by atoms with Crippen molar-refractivity contribution in [2.75, 3.05) is 17.8 Å². The molecule has 3 rings (SSSR count). The van der Waals surface area contributed by atoms with Crippen LogP contribution in [0.2, 0.25) is 0 Å². The van der Waals surface area contributed by atoms with E-state index < -0.39 is 21.8 Å². The molecule has 29 heavy (non-hydrogen) atoms. The fraction of sp³-hybridized carbons (Fsp3) is 0.350. The van der Waals surface area contributed by atoms with Crippen LogP contribution in [0.4, 0.5) is 18.9 Å². The number of nitrogens with zero attached hydrogens (tertiary/aromatic N) is 1. The molecule has 0 spiro atoms. The second-order valence-corrected chi connectivity index (χ2v) is 8.89. The maximum absolute atomic E-state index is 12.8. The molecule has 1 aliphatic rings. The molecule has 1 fully saturated rings. The van der Waals surface area contributed by atoms with Gasteiger partial charge in [0.2, 0.25) is 0 Å². The zero-order valence-corrected chi connectivity index (χ0v) is 16.6. The van der Waals surface area contributed by atoms with Crippen LogP contribution < -0.4 is 4.72 Å². The smallest absolute Gasteiger partial charge is 0.338 e. The van der Waals surface area contributed by atoms with Crippen LogP contribution in [0, 0.1) is 5.92 Å². The van der Waals surface area contributed by atoms with E-state index in [9.17, 15) is 26.4 Å². The molecule has 156 valence electrons. The normalized spacial score (nSPS) is 17.8. The number of benzene rings is 2. The molecule has 0 aromatic heterocycles. The van der Waals surface area contributed by atoms with Crippen molar-refractivity contribution in [3.05, 3.63) is 59.7 Å². The van der Waals surface area contributed by atoms with Crippen LogP contribution in [0.25, 0.3) is 0 Å². The van der Waals surface area contributed by atoms with Crippen molar-refractivity contribution in [3.63, 3.8) is 0 Å². The molecule has 1 N–H and O–H groups in total. The number of nitrogens with one attached hydrogen (secondary N) is 1. The van der Waals surface area contributed by atoms with E-state index in [1.165, 1.54) is 30.3 Å². The van der Waals surface area contributed by atoms with Gasteiger partial charge in [-0.2, -0.15) is 13.2 Å². The van der Waals surface area contributed by atoms with E-state index in [0.29, 0.717) is 24.6 Å². The molecule has 1 saturated heterocycles. The molecule has 1 aliphatic heterocycles. The Kier molecular flexibility index (Phi) is 5.88. The Morgan fingerprint density at radius 3 is 2.45 bits per heavy atom. The minimum absolute atomic E-state index is 0.140. The number of piperidine rings is 1. The molecule has 9 heteroatoms. The van der Waals surface area contributed by atoms with Crippen molar-refractivity contribution in [1.82, 2.24) is 4.90 Å². The lowest BCUT2D eigenvalue weighted by molar-refractivity contribution is -0.137. The molecule has 0 aliphatic carbocycles. The second kappa shape index (κ2) is 8.06. The fourth-order valence-electron chi connectivity index (χ4n) is 3.31. The third kappa shape index (κ3) is 5.09. The number of hydrogen-bond donors (Lipinski definition) is 1. The number of sulfonamides is 1. The summed E-state index contributed by atoms with van der Waals surface area (Å²) in [6, 6.07) is 9.34. The minimum Gasteiger partial charge on any atom is -0.338 e. The molecule has 1 atom stereocenters. The average molecular weight is 426 g/mol. The number of likely N-dealkylation sites (tertiary alicyclic amines) is 1. The molecule has 1 amide bonds. The molecule has 1 unspecified atom stereocenters. The number of halogens is 3. The van der Waals surface area contributed by atoms with Gasteiger partial charge in [-0.05, 0) is 61.2 Å². The van der Waals surface area contributed by atoms with Gasteiger partial charge in [0.05, 0.1) is 10.5 Å². The van der Waals surface area contributed by atoms with E-state index >= 15 is 0 Å². The SMILES string of the molecule is CC1CCCN(C(=O)c2ccc(S(=O)(=O)Nc3cccc(C(F)(F)F)c3)cc2)C1. The van der Waals surface area contributed by atoms with Gasteiger partial charge < -0.3 is 4.90 Å². The molecule has 2 aromatic carbocycles. The van der Waals surface area contributed by atoms with Gasteiger partial charge in [0.1, 0.15) is 0 Å². The first-order chi connectivity index (χ1) is 13.6. The van der Waals surface area contributed by atoms with Gasteiger partial charge in [0.25, 0.3) is 15.9 Å². The maximum atomic E-state index is 12.8. The van der Waals surface area contributed by atoms with Crippen LogP contribution in [-0.2, 0) is 16.2 Å². The summed E-state index contributed by atoms with van der Waals surface area (Å²) in [5.41, 5.74) is -0.770. The number of carbonyl (C=O) groups is 1. The minimum atomic E-state index is -4.57. The Labute approximate surface area is 167 Å². The summed E-state index contributed by atoms with van der Waals surface area (Å²) in [7, 11) is -4.09. The van der Waals surface area contributed by atoms with Crippen molar-refractivity contribution < 1.29 is 26.4 Å². The topological polar surface area (TPSA) is 66.5 Å². The second-order valence-electron chi connectivity index (χ2n) is 7.21. The number of hydrogen-bond acceptors (Lipinski definition) is 3. The van der Waals surface area contributed by atoms with E-state index in [1.807, 2.05) is 0 Å². The van der Waals surface area contributed by atoms with E-state index in [-0.39, 0.29) is 16.5 Å². The number of rotatable bonds is 4. The van der Waals surface area contributed by atoms with Crippen LogP contribution >= 0.6 is 0 Å². The molecule has 5 nitrogen and oxygen atoms in total. The first-order valence-corrected chi connectivity index (χ1v) is 10.6. The van der Waals surface area contributed by atoms with E-state index in [1.54, 1.807) is 4.90 Å². The van der Waals surface area contributed by atoms with Gasteiger partial charge in [0.15, 0.2) is 0 Å². The molecular formula is C20H21F3N2O3S. The summed E-state index contributed by atoms with van der Waals surface area (Å²) in [6.45, 7) is 3.41. The predicted molar refractivity (Wildman–Crippen MR) is 103 cm³/mol. The van der Waals surface area contributed by atoms with Gasteiger partial charge in [-0.1, -0.05) is 13.0 Å². The summed E-state index contributed by atoms with van der Waals surface area (Å²) in [5, 5.41) is 0. The van der Waals surface area contributed by atoms with Gasteiger partial charge in [-0.15, -0.1) is 0 Å². The quantitative estimate of drug-likeness (QED) is 0.789. The number of carbonyl (C=O) groups excluding carboxylic acids is 1. The fourth-order valence-corrected chi connectivity index (χ4v) is 4.36. The Hall–Kier alpha value is -2.55. The lowest BCUT2D eigenvalue weighted by atomic mass is 9.99. The zero-order chi connectivity index (χ0) is 21.2. The average Bonchev–Trinajstić information content (AvgIpc) is 2.67. The predicted octanol–water partition coefficient (Wildman–Crippen LogP) is 4.38. The van der Waals surface area contributed by atoms with Crippen LogP contribution in [0.5, 0.6) is 0 Å². The lowest BCUT2D eigenvalue weighted by Gasteiger charge is -2.31. The third-order valence-electron chi connectivity index (χ3n) is 4.80. The highest BCUT2D eigenvalue weighted by atomic mass is 32.2. The highest BCUT2D eigenvalue weighted by molar-refractivity contribution is 7.92. The Morgan fingerprint density at radius 2 is 1.83 bits per heavy atom. The van der Waals surface area contributed by atoms with Gasteiger partial charge in [0, 0.05) is 24.3 Å². The van der Waals surface area contributed by atoms with Gasteiger partial charge >= 0.3 is 6.18 Å². The summed E-state index contributed by atoms with van der Waals surface area (Å²) in [5.74, 6) is 0.260. The first kappa shape index (κ1) is 21.2. The summed E-state index contributed by atoms with van der Waals surface area (Å²) in [4.78, 5) is 14.2. The number of anilines is 1. The van der Waals surface area contributed by atoms with Crippen molar-refractivity contribution in [2.24, 2.45) is 5.92 Å². The highest BCUT2D eigenvalue weighted by Gasteiger charge is 2.31.